The molecule has 1 atom stereocenters. The molecule has 0 saturated carbocycles. The fourth-order valence-electron chi connectivity index (χ4n) is 1.99. The minimum atomic E-state index is -0.0407. The molecule has 1 rings (SSSR count). The maximum Gasteiger partial charge on any atom is 0.149 e. The Balaban J connectivity index is 3.05. The van der Waals surface area contributed by atoms with Gasteiger partial charge in [0, 0.05) is 0 Å². The SMILES string of the molecule is CC(C)Cc1c(C#N)cccc1C(C)OCO[SiH3]. The molecule has 0 bridgehead atoms. The van der Waals surface area contributed by atoms with Crippen molar-refractivity contribution < 1.29 is 9.16 Å². The monoisotopic (exact) mass is 263 g/mol. The lowest BCUT2D eigenvalue weighted by molar-refractivity contribution is -0.0262. The smallest absolute Gasteiger partial charge is 0.149 e. The van der Waals surface area contributed by atoms with Crippen LogP contribution in [0.15, 0.2) is 18.2 Å². The van der Waals surface area contributed by atoms with E-state index in [2.05, 4.69) is 19.9 Å². The standard InChI is InChI=1S/C14H21NO2Si/c1-10(2)7-14-12(8-15)5-4-6-13(14)11(3)16-9-17-18/h4-6,10-11H,7,9H2,1-3,18H3. The Bertz CT molecular complexity index is 426. The maximum absolute atomic E-state index is 9.20. The number of hydrogen-bond acceptors (Lipinski definition) is 3. The topological polar surface area (TPSA) is 42.2 Å². The van der Waals surface area contributed by atoms with Gasteiger partial charge in [0.2, 0.25) is 0 Å². The Hall–Kier alpha value is -1.15. The van der Waals surface area contributed by atoms with Crippen LogP contribution in [0.1, 0.15) is 43.6 Å². The predicted octanol–water partition coefficient (Wildman–Crippen LogP) is 2.09. The Kier molecular flexibility index (Phi) is 6.06. The Morgan fingerprint density at radius 2 is 2.06 bits per heavy atom. The third-order valence-corrected chi connectivity index (χ3v) is 3.05. The molecule has 0 aliphatic heterocycles. The average molecular weight is 263 g/mol. The summed E-state index contributed by atoms with van der Waals surface area (Å²) in [7, 11) is 0.675. The first kappa shape index (κ1) is 14.9. The molecule has 0 spiro atoms. The summed E-state index contributed by atoms with van der Waals surface area (Å²) in [6, 6.07) is 8.10. The lowest BCUT2D eigenvalue weighted by atomic mass is 9.91. The van der Waals surface area contributed by atoms with E-state index < -0.39 is 0 Å². The fraction of sp³-hybridized carbons (Fsp3) is 0.500. The molecular formula is C14H21NO2Si. The van der Waals surface area contributed by atoms with Gasteiger partial charge in [0.25, 0.3) is 0 Å². The van der Waals surface area contributed by atoms with Crippen molar-refractivity contribution in [2.24, 2.45) is 5.92 Å². The Labute approximate surface area is 112 Å². The molecule has 0 aromatic heterocycles. The molecule has 0 fully saturated rings. The van der Waals surface area contributed by atoms with Gasteiger partial charge in [0.1, 0.15) is 17.3 Å². The first-order valence-corrected chi connectivity index (χ1v) is 7.04. The van der Waals surface area contributed by atoms with Crippen LogP contribution in [0.3, 0.4) is 0 Å². The highest BCUT2D eigenvalue weighted by Gasteiger charge is 2.15. The summed E-state index contributed by atoms with van der Waals surface area (Å²) in [5.74, 6) is 0.514. The number of nitrogens with zero attached hydrogens (tertiary/aromatic N) is 1. The highest BCUT2D eigenvalue weighted by atomic mass is 28.2. The first-order valence-electron chi connectivity index (χ1n) is 6.22. The van der Waals surface area contributed by atoms with E-state index in [1.165, 1.54) is 0 Å². The molecule has 1 aromatic rings. The third-order valence-electron chi connectivity index (χ3n) is 2.82. The molecule has 0 aliphatic rings. The zero-order valence-corrected chi connectivity index (χ0v) is 13.6. The quantitative estimate of drug-likeness (QED) is 0.583. The summed E-state index contributed by atoms with van der Waals surface area (Å²) in [5, 5.41) is 9.20. The fourth-order valence-corrected chi connectivity index (χ4v) is 2.12. The summed E-state index contributed by atoms with van der Waals surface area (Å²) in [5.41, 5.74) is 2.96. The molecule has 0 aliphatic carbocycles. The molecule has 0 radical (unpaired) electrons. The van der Waals surface area contributed by atoms with Gasteiger partial charge < -0.3 is 9.16 Å². The van der Waals surface area contributed by atoms with Gasteiger partial charge in [0.05, 0.1) is 17.7 Å². The summed E-state index contributed by atoms with van der Waals surface area (Å²) < 4.78 is 10.7. The van der Waals surface area contributed by atoms with E-state index in [-0.39, 0.29) is 6.10 Å². The molecule has 0 saturated heterocycles. The van der Waals surface area contributed by atoms with Gasteiger partial charge >= 0.3 is 0 Å². The molecule has 98 valence electrons. The van der Waals surface area contributed by atoms with Crippen LogP contribution in [0.4, 0.5) is 0 Å². The third kappa shape index (κ3) is 3.95. The highest BCUT2D eigenvalue weighted by Crippen LogP contribution is 2.26. The highest BCUT2D eigenvalue weighted by molar-refractivity contribution is 5.97. The van der Waals surface area contributed by atoms with E-state index in [1.807, 2.05) is 25.1 Å². The van der Waals surface area contributed by atoms with Gasteiger partial charge in [-0.1, -0.05) is 26.0 Å². The van der Waals surface area contributed by atoms with E-state index in [9.17, 15) is 5.26 Å². The second-order valence-electron chi connectivity index (χ2n) is 4.80. The molecule has 1 unspecified atom stereocenters. The van der Waals surface area contributed by atoms with E-state index >= 15 is 0 Å². The van der Waals surface area contributed by atoms with Crippen LogP contribution in [0, 0.1) is 17.2 Å². The van der Waals surface area contributed by atoms with E-state index in [4.69, 9.17) is 9.16 Å². The number of hydrogen-bond donors (Lipinski definition) is 0. The molecule has 1 aromatic carbocycles. The largest absolute Gasteiger partial charge is 0.406 e. The van der Waals surface area contributed by atoms with E-state index in [0.29, 0.717) is 23.2 Å². The van der Waals surface area contributed by atoms with E-state index in [0.717, 1.165) is 23.1 Å². The van der Waals surface area contributed by atoms with Crippen molar-refractivity contribution in [3.8, 4) is 6.07 Å². The van der Waals surface area contributed by atoms with Gasteiger partial charge in [-0.3, -0.25) is 0 Å². The summed E-state index contributed by atoms with van der Waals surface area (Å²) in [6.07, 6.45) is 0.857. The maximum atomic E-state index is 9.20. The van der Waals surface area contributed by atoms with Gasteiger partial charge in [0.15, 0.2) is 0 Å². The number of benzene rings is 1. The second kappa shape index (κ2) is 7.32. The number of ether oxygens (including phenoxy) is 1. The lowest BCUT2D eigenvalue weighted by Gasteiger charge is -2.19. The van der Waals surface area contributed by atoms with Crippen LogP contribution >= 0.6 is 0 Å². The summed E-state index contributed by atoms with van der Waals surface area (Å²) in [6.45, 7) is 6.64. The Morgan fingerprint density at radius 1 is 1.33 bits per heavy atom. The number of rotatable bonds is 6. The van der Waals surface area contributed by atoms with Crippen molar-refractivity contribution >= 4 is 10.5 Å². The minimum absolute atomic E-state index is 0.0407. The first-order chi connectivity index (χ1) is 8.60. The molecule has 3 nitrogen and oxygen atoms in total. The summed E-state index contributed by atoms with van der Waals surface area (Å²) >= 11 is 0. The van der Waals surface area contributed by atoms with Crippen LogP contribution in [0.5, 0.6) is 0 Å². The Morgan fingerprint density at radius 3 is 2.61 bits per heavy atom. The zero-order chi connectivity index (χ0) is 13.5. The lowest BCUT2D eigenvalue weighted by Crippen LogP contribution is -2.09. The molecule has 4 heteroatoms. The van der Waals surface area contributed by atoms with Crippen LogP contribution in [-0.4, -0.2) is 17.3 Å². The molecule has 0 amide bonds. The van der Waals surface area contributed by atoms with Crippen molar-refractivity contribution in [2.45, 2.75) is 33.3 Å². The van der Waals surface area contributed by atoms with Gasteiger partial charge in [-0.15, -0.1) is 0 Å². The zero-order valence-electron chi connectivity index (χ0n) is 11.6. The van der Waals surface area contributed by atoms with Crippen molar-refractivity contribution in [3.63, 3.8) is 0 Å². The van der Waals surface area contributed by atoms with Crippen LogP contribution in [0.2, 0.25) is 0 Å². The van der Waals surface area contributed by atoms with Gasteiger partial charge in [-0.05, 0) is 36.5 Å². The summed E-state index contributed by atoms with van der Waals surface area (Å²) in [4.78, 5) is 0. The second-order valence-corrected chi connectivity index (χ2v) is 5.38. The molecule has 18 heavy (non-hydrogen) atoms. The van der Waals surface area contributed by atoms with Crippen LogP contribution in [-0.2, 0) is 15.6 Å². The van der Waals surface area contributed by atoms with Crippen molar-refractivity contribution in [1.82, 2.24) is 0 Å². The molecular weight excluding hydrogens is 242 g/mol. The number of nitriles is 1. The van der Waals surface area contributed by atoms with Crippen molar-refractivity contribution in [1.29, 1.82) is 5.26 Å². The molecule has 0 N–H and O–H groups in total. The van der Waals surface area contributed by atoms with E-state index in [1.54, 1.807) is 0 Å². The molecule has 0 heterocycles. The van der Waals surface area contributed by atoms with Crippen molar-refractivity contribution in [3.05, 3.63) is 34.9 Å². The average Bonchev–Trinajstić information content (AvgIpc) is 2.35. The normalized spacial score (nSPS) is 12.6. The van der Waals surface area contributed by atoms with Crippen molar-refractivity contribution in [2.75, 3.05) is 6.79 Å². The minimum Gasteiger partial charge on any atom is -0.406 e. The van der Waals surface area contributed by atoms with Crippen LogP contribution in [0.25, 0.3) is 0 Å². The van der Waals surface area contributed by atoms with Gasteiger partial charge in [-0.25, -0.2) is 0 Å². The van der Waals surface area contributed by atoms with Gasteiger partial charge in [-0.2, -0.15) is 5.26 Å². The van der Waals surface area contributed by atoms with Crippen LogP contribution < -0.4 is 0 Å². The predicted molar refractivity (Wildman–Crippen MR) is 75.1 cm³/mol.